The van der Waals surface area contributed by atoms with Crippen molar-refractivity contribution in [1.82, 2.24) is 0 Å². The average molecular weight is 311 g/mol. The molecule has 4 nitrogen and oxygen atoms in total. The highest BCUT2D eigenvalue weighted by Crippen LogP contribution is 2.31. The van der Waals surface area contributed by atoms with Crippen molar-refractivity contribution in [3.63, 3.8) is 0 Å². The molecule has 3 rings (SSSR count). The van der Waals surface area contributed by atoms with Gasteiger partial charge in [0.25, 0.3) is 0 Å². The molecule has 0 amide bonds. The average Bonchev–Trinajstić information content (AvgIpc) is 2.61. The number of hydrogen-bond acceptors (Lipinski definition) is 4. The zero-order valence-electron chi connectivity index (χ0n) is 13.5. The maximum Gasteiger partial charge on any atom is 0.337 e. The standard InChI is InChI=1S/C19H21NO3/c1-22-17-9-10-18-16(12-17)4-3-11-20(18)13-14-5-7-15(8-6-14)19(21)23-2/h5-10,12H,3-4,11,13H2,1-2H3. The van der Waals surface area contributed by atoms with Crippen molar-refractivity contribution in [3.05, 3.63) is 59.2 Å². The number of hydrogen-bond donors (Lipinski definition) is 0. The van der Waals surface area contributed by atoms with E-state index >= 15 is 0 Å². The molecule has 1 aliphatic heterocycles. The van der Waals surface area contributed by atoms with E-state index in [0.29, 0.717) is 5.56 Å². The second kappa shape index (κ2) is 6.73. The molecule has 0 spiro atoms. The quantitative estimate of drug-likeness (QED) is 0.811. The van der Waals surface area contributed by atoms with Crippen molar-refractivity contribution < 1.29 is 14.3 Å². The third-order valence-electron chi connectivity index (χ3n) is 4.25. The van der Waals surface area contributed by atoms with Gasteiger partial charge in [-0.05, 0) is 54.3 Å². The third kappa shape index (κ3) is 3.31. The van der Waals surface area contributed by atoms with Gasteiger partial charge in [-0.2, -0.15) is 0 Å². The zero-order chi connectivity index (χ0) is 16.2. The molecule has 120 valence electrons. The lowest BCUT2D eigenvalue weighted by Crippen LogP contribution is -2.28. The Balaban J connectivity index is 1.78. The van der Waals surface area contributed by atoms with Crippen molar-refractivity contribution in [3.8, 4) is 5.75 Å². The number of esters is 1. The number of nitrogens with zero attached hydrogens (tertiary/aromatic N) is 1. The number of benzene rings is 2. The van der Waals surface area contributed by atoms with Crippen LogP contribution in [0.5, 0.6) is 5.75 Å². The minimum Gasteiger partial charge on any atom is -0.497 e. The second-order valence-electron chi connectivity index (χ2n) is 5.71. The molecule has 0 fully saturated rings. The molecule has 0 bridgehead atoms. The highest BCUT2D eigenvalue weighted by Gasteiger charge is 2.17. The van der Waals surface area contributed by atoms with Crippen molar-refractivity contribution in [2.24, 2.45) is 0 Å². The van der Waals surface area contributed by atoms with Crippen LogP contribution in [-0.4, -0.2) is 26.7 Å². The molecule has 0 unspecified atom stereocenters. The first-order chi connectivity index (χ1) is 11.2. The molecule has 2 aromatic rings. The highest BCUT2D eigenvalue weighted by molar-refractivity contribution is 5.89. The van der Waals surface area contributed by atoms with Crippen molar-refractivity contribution in [2.45, 2.75) is 19.4 Å². The zero-order valence-corrected chi connectivity index (χ0v) is 13.5. The molecule has 2 aromatic carbocycles. The van der Waals surface area contributed by atoms with Gasteiger partial charge in [0.1, 0.15) is 5.75 Å². The van der Waals surface area contributed by atoms with E-state index in [0.717, 1.165) is 31.7 Å². The number of methoxy groups -OCH3 is 2. The molecule has 0 radical (unpaired) electrons. The summed E-state index contributed by atoms with van der Waals surface area (Å²) in [5.41, 5.74) is 4.37. The van der Waals surface area contributed by atoms with E-state index in [1.165, 1.54) is 23.9 Å². The van der Waals surface area contributed by atoms with Gasteiger partial charge in [0.15, 0.2) is 0 Å². The van der Waals surface area contributed by atoms with E-state index < -0.39 is 0 Å². The van der Waals surface area contributed by atoms with Crippen LogP contribution in [0.3, 0.4) is 0 Å². The minimum absolute atomic E-state index is 0.299. The smallest absolute Gasteiger partial charge is 0.337 e. The minimum atomic E-state index is -0.299. The Labute approximate surface area is 136 Å². The van der Waals surface area contributed by atoms with Gasteiger partial charge in [-0.25, -0.2) is 4.79 Å². The lowest BCUT2D eigenvalue weighted by molar-refractivity contribution is 0.0600. The monoisotopic (exact) mass is 311 g/mol. The predicted molar refractivity (Wildman–Crippen MR) is 90.1 cm³/mol. The first kappa shape index (κ1) is 15.4. The summed E-state index contributed by atoms with van der Waals surface area (Å²) in [4.78, 5) is 13.9. The number of rotatable bonds is 4. The maximum atomic E-state index is 11.5. The van der Waals surface area contributed by atoms with Crippen molar-refractivity contribution in [2.75, 3.05) is 25.7 Å². The van der Waals surface area contributed by atoms with Crippen LogP contribution < -0.4 is 9.64 Å². The van der Waals surface area contributed by atoms with Crippen LogP contribution in [-0.2, 0) is 17.7 Å². The molecule has 0 saturated carbocycles. The molecular formula is C19H21NO3. The van der Waals surface area contributed by atoms with E-state index in [-0.39, 0.29) is 5.97 Å². The van der Waals surface area contributed by atoms with Gasteiger partial charge in [0.05, 0.1) is 19.8 Å². The molecule has 1 aliphatic rings. The summed E-state index contributed by atoms with van der Waals surface area (Å²) in [7, 11) is 3.10. The summed E-state index contributed by atoms with van der Waals surface area (Å²) in [6.45, 7) is 1.87. The Morgan fingerprint density at radius 1 is 1.13 bits per heavy atom. The number of carbonyl (C=O) groups is 1. The topological polar surface area (TPSA) is 38.8 Å². The van der Waals surface area contributed by atoms with Gasteiger partial charge in [-0.3, -0.25) is 0 Å². The molecule has 0 N–H and O–H groups in total. The molecule has 4 heteroatoms. The fraction of sp³-hybridized carbons (Fsp3) is 0.316. The Morgan fingerprint density at radius 3 is 2.61 bits per heavy atom. The molecule has 0 aliphatic carbocycles. The maximum absolute atomic E-state index is 11.5. The summed E-state index contributed by atoms with van der Waals surface area (Å²) >= 11 is 0. The number of ether oxygens (including phenoxy) is 2. The van der Waals surface area contributed by atoms with Gasteiger partial charge in [0, 0.05) is 18.8 Å². The van der Waals surface area contributed by atoms with Gasteiger partial charge in [0.2, 0.25) is 0 Å². The molecule has 0 atom stereocenters. The largest absolute Gasteiger partial charge is 0.497 e. The molecule has 0 saturated heterocycles. The fourth-order valence-electron chi connectivity index (χ4n) is 3.03. The van der Waals surface area contributed by atoms with E-state index in [9.17, 15) is 4.79 Å². The summed E-state index contributed by atoms with van der Waals surface area (Å²) in [6.07, 6.45) is 2.23. The van der Waals surface area contributed by atoms with Crippen LogP contribution in [0.25, 0.3) is 0 Å². The fourth-order valence-corrected chi connectivity index (χ4v) is 3.03. The molecular weight excluding hydrogens is 290 g/mol. The van der Waals surface area contributed by atoms with E-state index in [4.69, 9.17) is 9.47 Å². The lowest BCUT2D eigenvalue weighted by atomic mass is 10.0. The van der Waals surface area contributed by atoms with Crippen LogP contribution in [0.4, 0.5) is 5.69 Å². The third-order valence-corrected chi connectivity index (χ3v) is 4.25. The van der Waals surface area contributed by atoms with Crippen LogP contribution in [0.15, 0.2) is 42.5 Å². The molecule has 23 heavy (non-hydrogen) atoms. The summed E-state index contributed by atoms with van der Waals surface area (Å²) in [5, 5.41) is 0. The SMILES string of the molecule is COC(=O)c1ccc(CN2CCCc3cc(OC)ccc32)cc1. The first-order valence-electron chi connectivity index (χ1n) is 7.80. The lowest BCUT2D eigenvalue weighted by Gasteiger charge is -2.31. The molecule has 0 aromatic heterocycles. The van der Waals surface area contributed by atoms with Gasteiger partial charge in [-0.15, -0.1) is 0 Å². The van der Waals surface area contributed by atoms with E-state index in [1.54, 1.807) is 7.11 Å². The predicted octanol–water partition coefficient (Wildman–Crippen LogP) is 3.43. The second-order valence-corrected chi connectivity index (χ2v) is 5.71. The summed E-state index contributed by atoms with van der Waals surface area (Å²) in [6, 6.07) is 13.9. The number of fused-ring (bicyclic) bond motifs is 1. The Kier molecular flexibility index (Phi) is 4.51. The van der Waals surface area contributed by atoms with Crippen LogP contribution in [0.1, 0.15) is 27.9 Å². The van der Waals surface area contributed by atoms with Crippen LogP contribution >= 0.6 is 0 Å². The van der Waals surface area contributed by atoms with Gasteiger partial charge in [-0.1, -0.05) is 12.1 Å². The van der Waals surface area contributed by atoms with Crippen molar-refractivity contribution in [1.29, 1.82) is 0 Å². The van der Waals surface area contributed by atoms with E-state index in [2.05, 4.69) is 17.0 Å². The number of carbonyl (C=O) groups excluding carboxylic acids is 1. The normalized spacial score (nSPS) is 13.4. The first-order valence-corrected chi connectivity index (χ1v) is 7.80. The molecule has 1 heterocycles. The number of aryl methyl sites for hydroxylation is 1. The highest BCUT2D eigenvalue weighted by atomic mass is 16.5. The van der Waals surface area contributed by atoms with Crippen LogP contribution in [0, 0.1) is 0 Å². The Bertz CT molecular complexity index is 694. The van der Waals surface area contributed by atoms with Crippen LogP contribution in [0.2, 0.25) is 0 Å². The number of anilines is 1. The Morgan fingerprint density at radius 2 is 1.91 bits per heavy atom. The summed E-state index contributed by atoms with van der Waals surface area (Å²) in [5.74, 6) is 0.611. The summed E-state index contributed by atoms with van der Waals surface area (Å²) < 4.78 is 10.1. The van der Waals surface area contributed by atoms with E-state index in [1.807, 2.05) is 30.3 Å². The van der Waals surface area contributed by atoms with Crippen molar-refractivity contribution >= 4 is 11.7 Å². The van der Waals surface area contributed by atoms with Gasteiger partial charge >= 0.3 is 5.97 Å². The Hall–Kier alpha value is -2.49. The van der Waals surface area contributed by atoms with Gasteiger partial charge < -0.3 is 14.4 Å².